The van der Waals surface area contributed by atoms with Crippen LogP contribution in [0.4, 0.5) is 11.4 Å². The smallest absolute Gasteiger partial charge is 0.228 e. The van der Waals surface area contributed by atoms with Crippen molar-refractivity contribution in [2.75, 3.05) is 24.2 Å². The molecule has 102 valence electrons. The maximum absolute atomic E-state index is 5.85. The van der Waals surface area contributed by atoms with Crippen LogP contribution in [0.25, 0.3) is 0 Å². The van der Waals surface area contributed by atoms with E-state index in [0.717, 1.165) is 12.1 Å². The Labute approximate surface area is 112 Å². The van der Waals surface area contributed by atoms with E-state index in [1.807, 2.05) is 18.2 Å². The first kappa shape index (κ1) is 13.2. The Morgan fingerprint density at radius 2 is 2.32 bits per heavy atom. The highest BCUT2D eigenvalue weighted by Gasteiger charge is 2.03. The zero-order valence-electron chi connectivity index (χ0n) is 10.9. The van der Waals surface area contributed by atoms with Crippen molar-refractivity contribution in [3.63, 3.8) is 0 Å². The molecular weight excluding hydrogens is 244 g/mol. The summed E-state index contributed by atoms with van der Waals surface area (Å²) in [4.78, 5) is 3.96. The van der Waals surface area contributed by atoms with Crippen LogP contribution >= 0.6 is 0 Å². The zero-order chi connectivity index (χ0) is 13.5. The van der Waals surface area contributed by atoms with Crippen LogP contribution in [-0.2, 0) is 6.42 Å². The summed E-state index contributed by atoms with van der Waals surface area (Å²) < 4.78 is 10.5. The third-order valence-electron chi connectivity index (χ3n) is 2.55. The molecule has 0 atom stereocenters. The number of rotatable bonds is 7. The third kappa shape index (κ3) is 3.87. The molecule has 1 aromatic carbocycles. The molecule has 0 aliphatic heterocycles. The number of nitrogens with zero attached hydrogens (tertiary/aromatic N) is 2. The van der Waals surface area contributed by atoms with Crippen LogP contribution in [0.3, 0.4) is 0 Å². The molecule has 1 aromatic heterocycles. The van der Waals surface area contributed by atoms with Gasteiger partial charge in [-0.2, -0.15) is 4.98 Å². The number of hydrogen-bond donors (Lipinski definition) is 2. The lowest BCUT2D eigenvalue weighted by Gasteiger charge is -2.11. The summed E-state index contributed by atoms with van der Waals surface area (Å²) in [5, 5.41) is 6.82. The van der Waals surface area contributed by atoms with Gasteiger partial charge >= 0.3 is 0 Å². The SMILES string of the molecule is CCCOc1cc(NCCc2ncno2)ccc1N. The number of anilines is 2. The summed E-state index contributed by atoms with van der Waals surface area (Å²) in [5.74, 6) is 1.33. The van der Waals surface area contributed by atoms with Gasteiger partial charge in [0.05, 0.1) is 12.3 Å². The normalized spacial score (nSPS) is 10.4. The second-order valence-electron chi connectivity index (χ2n) is 4.11. The summed E-state index contributed by atoms with van der Waals surface area (Å²) in [6.45, 7) is 3.43. The maximum Gasteiger partial charge on any atom is 0.228 e. The molecule has 0 amide bonds. The average Bonchev–Trinajstić information content (AvgIpc) is 2.92. The number of aromatic nitrogens is 2. The van der Waals surface area contributed by atoms with Gasteiger partial charge in [0.1, 0.15) is 5.75 Å². The van der Waals surface area contributed by atoms with Gasteiger partial charge in [0.15, 0.2) is 6.33 Å². The van der Waals surface area contributed by atoms with E-state index in [2.05, 4.69) is 22.4 Å². The van der Waals surface area contributed by atoms with Crippen LogP contribution < -0.4 is 15.8 Å². The van der Waals surface area contributed by atoms with Crippen LogP contribution in [0.1, 0.15) is 19.2 Å². The number of nitrogen functional groups attached to an aromatic ring is 1. The van der Waals surface area contributed by atoms with E-state index in [1.165, 1.54) is 6.33 Å². The molecule has 6 nitrogen and oxygen atoms in total. The second-order valence-corrected chi connectivity index (χ2v) is 4.11. The standard InChI is InChI=1S/C13H18N4O2/c1-2-7-18-12-8-10(3-4-11(12)14)15-6-5-13-16-9-17-19-13/h3-4,8-9,15H,2,5-7,14H2,1H3. The Morgan fingerprint density at radius 3 is 3.05 bits per heavy atom. The Kier molecular flexibility index (Phi) is 4.60. The molecule has 0 bridgehead atoms. The van der Waals surface area contributed by atoms with Gasteiger partial charge in [0, 0.05) is 24.7 Å². The van der Waals surface area contributed by atoms with E-state index in [-0.39, 0.29) is 0 Å². The number of hydrogen-bond acceptors (Lipinski definition) is 6. The molecular formula is C13H18N4O2. The lowest BCUT2D eigenvalue weighted by Crippen LogP contribution is -2.06. The second kappa shape index (κ2) is 6.63. The molecule has 0 aliphatic carbocycles. The van der Waals surface area contributed by atoms with Crippen molar-refractivity contribution < 1.29 is 9.26 Å². The predicted molar refractivity (Wildman–Crippen MR) is 73.1 cm³/mol. The van der Waals surface area contributed by atoms with Gasteiger partial charge in [-0.25, -0.2) is 0 Å². The lowest BCUT2D eigenvalue weighted by atomic mass is 10.2. The molecule has 19 heavy (non-hydrogen) atoms. The van der Waals surface area contributed by atoms with Gasteiger partial charge in [-0.1, -0.05) is 12.1 Å². The van der Waals surface area contributed by atoms with Crippen molar-refractivity contribution in [2.45, 2.75) is 19.8 Å². The van der Waals surface area contributed by atoms with Gasteiger partial charge in [0.25, 0.3) is 0 Å². The van der Waals surface area contributed by atoms with E-state index in [0.29, 0.717) is 36.9 Å². The molecule has 2 aromatic rings. The minimum atomic E-state index is 0.616. The van der Waals surface area contributed by atoms with Crippen LogP contribution in [0, 0.1) is 0 Å². The lowest BCUT2D eigenvalue weighted by molar-refractivity contribution is 0.319. The highest BCUT2D eigenvalue weighted by molar-refractivity contribution is 5.61. The number of benzene rings is 1. The molecule has 3 N–H and O–H groups in total. The molecule has 0 saturated heterocycles. The van der Waals surface area contributed by atoms with Crippen molar-refractivity contribution in [1.29, 1.82) is 0 Å². The molecule has 0 aliphatic rings. The highest BCUT2D eigenvalue weighted by atomic mass is 16.5. The van der Waals surface area contributed by atoms with E-state index in [9.17, 15) is 0 Å². The molecule has 0 spiro atoms. The number of nitrogens with one attached hydrogen (secondary N) is 1. The van der Waals surface area contributed by atoms with Gasteiger partial charge in [-0.15, -0.1) is 0 Å². The van der Waals surface area contributed by atoms with Crippen molar-refractivity contribution >= 4 is 11.4 Å². The van der Waals surface area contributed by atoms with Crippen LogP contribution in [0.2, 0.25) is 0 Å². The van der Waals surface area contributed by atoms with Crippen LogP contribution in [0.15, 0.2) is 29.0 Å². The molecule has 0 unspecified atom stereocenters. The fraction of sp³-hybridized carbons (Fsp3) is 0.385. The molecule has 0 saturated carbocycles. The van der Waals surface area contributed by atoms with Crippen molar-refractivity contribution in [1.82, 2.24) is 10.1 Å². The minimum absolute atomic E-state index is 0.616. The fourth-order valence-corrected chi connectivity index (χ4v) is 1.60. The Balaban J connectivity index is 1.89. The highest BCUT2D eigenvalue weighted by Crippen LogP contribution is 2.25. The molecule has 0 fully saturated rings. The van der Waals surface area contributed by atoms with Crippen molar-refractivity contribution in [2.24, 2.45) is 0 Å². The topological polar surface area (TPSA) is 86.2 Å². The third-order valence-corrected chi connectivity index (χ3v) is 2.55. The first-order chi connectivity index (χ1) is 9.29. The predicted octanol–water partition coefficient (Wildman–Crippen LogP) is 2.10. The van der Waals surface area contributed by atoms with Gasteiger partial charge in [-0.3, -0.25) is 0 Å². The Bertz CT molecular complexity index is 499. The zero-order valence-corrected chi connectivity index (χ0v) is 10.9. The van der Waals surface area contributed by atoms with Gasteiger partial charge < -0.3 is 20.3 Å². The quantitative estimate of drug-likeness (QED) is 0.743. The summed E-state index contributed by atoms with van der Waals surface area (Å²) in [5.41, 5.74) is 7.46. The van der Waals surface area contributed by atoms with E-state index < -0.39 is 0 Å². The van der Waals surface area contributed by atoms with E-state index in [1.54, 1.807) is 0 Å². The first-order valence-corrected chi connectivity index (χ1v) is 6.31. The van der Waals surface area contributed by atoms with Crippen LogP contribution in [0.5, 0.6) is 5.75 Å². The fourth-order valence-electron chi connectivity index (χ4n) is 1.60. The maximum atomic E-state index is 5.85. The summed E-state index contributed by atoms with van der Waals surface area (Å²) in [6, 6.07) is 5.65. The number of nitrogens with two attached hydrogens (primary N) is 1. The average molecular weight is 262 g/mol. The minimum Gasteiger partial charge on any atom is -0.491 e. The monoisotopic (exact) mass is 262 g/mol. The van der Waals surface area contributed by atoms with E-state index in [4.69, 9.17) is 15.0 Å². The largest absolute Gasteiger partial charge is 0.491 e. The van der Waals surface area contributed by atoms with Gasteiger partial charge in [-0.05, 0) is 18.6 Å². The molecule has 1 heterocycles. The summed E-state index contributed by atoms with van der Waals surface area (Å²) in [6.07, 6.45) is 3.03. The molecule has 0 radical (unpaired) electrons. The number of ether oxygens (including phenoxy) is 1. The van der Waals surface area contributed by atoms with Crippen molar-refractivity contribution in [3.05, 3.63) is 30.4 Å². The molecule has 6 heteroatoms. The molecule has 2 rings (SSSR count). The van der Waals surface area contributed by atoms with Crippen LogP contribution in [-0.4, -0.2) is 23.3 Å². The Hall–Kier alpha value is -2.24. The van der Waals surface area contributed by atoms with Gasteiger partial charge in [0.2, 0.25) is 5.89 Å². The van der Waals surface area contributed by atoms with Crippen molar-refractivity contribution in [3.8, 4) is 5.75 Å². The summed E-state index contributed by atoms with van der Waals surface area (Å²) in [7, 11) is 0. The summed E-state index contributed by atoms with van der Waals surface area (Å²) >= 11 is 0. The Morgan fingerprint density at radius 1 is 1.42 bits per heavy atom. The first-order valence-electron chi connectivity index (χ1n) is 6.31. The van der Waals surface area contributed by atoms with E-state index >= 15 is 0 Å².